The Bertz CT molecular complexity index is 817. The van der Waals surface area contributed by atoms with E-state index in [4.69, 9.17) is 14.7 Å². The SMILES string of the molecule is CCCCC1=N[C@H]2Sc3c(NCCN4CCOCC4)ncnc3[C@H]2C2=C1CCC2. The topological polar surface area (TPSA) is 62.6 Å². The van der Waals surface area contributed by atoms with Crippen molar-refractivity contribution in [1.29, 1.82) is 0 Å². The summed E-state index contributed by atoms with van der Waals surface area (Å²) in [5.74, 6) is 1.36. The third-order valence-corrected chi connectivity index (χ3v) is 7.77. The predicted molar refractivity (Wildman–Crippen MR) is 118 cm³/mol. The van der Waals surface area contributed by atoms with E-state index in [9.17, 15) is 0 Å². The smallest absolute Gasteiger partial charge is 0.143 e. The summed E-state index contributed by atoms with van der Waals surface area (Å²) in [4.78, 5) is 18.3. The standard InChI is InChI=1S/C22H31N5OS/c1-2-3-7-17-15-5-4-6-16(15)18-19-20(29-22(18)26-17)21(25-14-24-19)23-8-9-27-10-12-28-13-11-27/h14,18,22H,2-13H2,1H3,(H,23,24,25)/t18-,22+/m1/s1. The number of hydrogen-bond acceptors (Lipinski definition) is 7. The average molecular weight is 414 g/mol. The van der Waals surface area contributed by atoms with Gasteiger partial charge >= 0.3 is 0 Å². The highest BCUT2D eigenvalue weighted by atomic mass is 32.2. The Balaban J connectivity index is 1.33. The number of anilines is 1. The Morgan fingerprint density at radius 2 is 2.14 bits per heavy atom. The molecule has 0 radical (unpaired) electrons. The number of allylic oxidation sites excluding steroid dienone is 1. The van der Waals surface area contributed by atoms with Crippen molar-refractivity contribution in [3.05, 3.63) is 23.2 Å². The molecule has 1 fully saturated rings. The molecular weight excluding hydrogens is 382 g/mol. The summed E-state index contributed by atoms with van der Waals surface area (Å²) in [6, 6.07) is 0. The van der Waals surface area contributed by atoms with E-state index in [2.05, 4.69) is 22.1 Å². The molecule has 0 bridgehead atoms. The van der Waals surface area contributed by atoms with Gasteiger partial charge in [-0.2, -0.15) is 0 Å². The van der Waals surface area contributed by atoms with Crippen LogP contribution in [0.1, 0.15) is 57.1 Å². The number of aliphatic imine (C=N–C) groups is 1. The van der Waals surface area contributed by atoms with Crippen LogP contribution in [-0.4, -0.2) is 65.3 Å². The Morgan fingerprint density at radius 3 is 3.00 bits per heavy atom. The van der Waals surface area contributed by atoms with Crippen molar-refractivity contribution in [3.8, 4) is 0 Å². The fourth-order valence-electron chi connectivity index (χ4n) is 5.00. The van der Waals surface area contributed by atoms with Crippen LogP contribution in [0.2, 0.25) is 0 Å². The van der Waals surface area contributed by atoms with Gasteiger partial charge in [-0.05, 0) is 37.7 Å². The van der Waals surface area contributed by atoms with Gasteiger partial charge in [0.15, 0.2) is 0 Å². The summed E-state index contributed by atoms with van der Waals surface area (Å²) in [7, 11) is 0. The van der Waals surface area contributed by atoms with Crippen LogP contribution in [-0.2, 0) is 4.74 Å². The molecule has 1 aromatic rings. The average Bonchev–Trinajstić information content (AvgIpc) is 3.37. The van der Waals surface area contributed by atoms with Gasteiger partial charge in [-0.3, -0.25) is 9.89 Å². The molecule has 1 saturated heterocycles. The number of unbranched alkanes of at least 4 members (excludes halogenated alkanes) is 1. The molecule has 4 aliphatic rings. The van der Waals surface area contributed by atoms with Gasteiger partial charge in [0.2, 0.25) is 0 Å². The molecule has 0 aromatic carbocycles. The molecule has 0 saturated carbocycles. The highest BCUT2D eigenvalue weighted by molar-refractivity contribution is 8.00. The highest BCUT2D eigenvalue weighted by Gasteiger charge is 2.44. The Hall–Kier alpha value is -1.44. The number of fused-ring (bicyclic) bond motifs is 4. The molecule has 3 aliphatic heterocycles. The van der Waals surface area contributed by atoms with Crippen molar-refractivity contribution in [2.24, 2.45) is 4.99 Å². The molecule has 1 aliphatic carbocycles. The lowest BCUT2D eigenvalue weighted by atomic mass is 9.87. The van der Waals surface area contributed by atoms with E-state index >= 15 is 0 Å². The summed E-state index contributed by atoms with van der Waals surface area (Å²) in [6.07, 6.45) is 9.03. The summed E-state index contributed by atoms with van der Waals surface area (Å²) >= 11 is 1.88. The number of dihydropyridines is 1. The number of rotatable bonds is 7. The first-order valence-corrected chi connectivity index (χ1v) is 12.1. The van der Waals surface area contributed by atoms with Crippen molar-refractivity contribution in [2.75, 3.05) is 44.7 Å². The van der Waals surface area contributed by atoms with Crippen molar-refractivity contribution < 1.29 is 4.74 Å². The molecule has 2 atom stereocenters. The highest BCUT2D eigenvalue weighted by Crippen LogP contribution is 2.55. The normalized spacial score (nSPS) is 26.2. The summed E-state index contributed by atoms with van der Waals surface area (Å²) in [6.45, 7) is 7.92. The van der Waals surface area contributed by atoms with Crippen molar-refractivity contribution in [1.82, 2.24) is 14.9 Å². The third kappa shape index (κ3) is 3.84. The zero-order valence-corrected chi connectivity index (χ0v) is 18.1. The fourth-order valence-corrected chi connectivity index (χ4v) is 6.39. The van der Waals surface area contributed by atoms with Crippen molar-refractivity contribution >= 4 is 23.3 Å². The lowest BCUT2D eigenvalue weighted by Crippen LogP contribution is -2.39. The molecule has 7 heteroatoms. The quantitative estimate of drug-likeness (QED) is 0.732. The molecule has 0 amide bonds. The van der Waals surface area contributed by atoms with E-state index < -0.39 is 0 Å². The summed E-state index contributed by atoms with van der Waals surface area (Å²) < 4.78 is 5.44. The Morgan fingerprint density at radius 1 is 1.24 bits per heavy atom. The maximum absolute atomic E-state index is 5.44. The van der Waals surface area contributed by atoms with E-state index in [0.717, 1.165) is 51.6 Å². The van der Waals surface area contributed by atoms with Gasteiger partial charge in [0.25, 0.3) is 0 Å². The lowest BCUT2D eigenvalue weighted by molar-refractivity contribution is 0.0398. The molecular formula is C22H31N5OS. The first-order chi connectivity index (χ1) is 14.3. The fraction of sp³-hybridized carbons (Fsp3) is 0.682. The van der Waals surface area contributed by atoms with Crippen LogP contribution < -0.4 is 5.32 Å². The number of nitrogens with one attached hydrogen (secondary N) is 1. The van der Waals surface area contributed by atoms with Crippen LogP contribution in [0.4, 0.5) is 5.82 Å². The second-order valence-electron chi connectivity index (χ2n) is 8.34. The minimum atomic E-state index is 0.255. The van der Waals surface area contributed by atoms with Crippen LogP contribution in [0.3, 0.4) is 0 Å². The minimum Gasteiger partial charge on any atom is -0.379 e. The van der Waals surface area contributed by atoms with Gasteiger partial charge in [-0.1, -0.05) is 30.7 Å². The van der Waals surface area contributed by atoms with Crippen molar-refractivity contribution in [2.45, 2.75) is 61.6 Å². The molecule has 29 heavy (non-hydrogen) atoms. The zero-order valence-electron chi connectivity index (χ0n) is 17.3. The first-order valence-electron chi connectivity index (χ1n) is 11.2. The minimum absolute atomic E-state index is 0.255. The molecule has 0 unspecified atom stereocenters. The second-order valence-corrected chi connectivity index (χ2v) is 9.47. The number of ether oxygens (including phenoxy) is 1. The van der Waals surface area contributed by atoms with E-state index in [1.807, 2.05) is 11.8 Å². The molecule has 4 heterocycles. The Kier molecular flexibility index (Phi) is 5.88. The van der Waals surface area contributed by atoms with Crippen LogP contribution in [0, 0.1) is 0 Å². The van der Waals surface area contributed by atoms with Crippen LogP contribution in [0.5, 0.6) is 0 Å². The van der Waals surface area contributed by atoms with Crippen LogP contribution in [0.15, 0.2) is 27.4 Å². The Labute approximate surface area is 177 Å². The lowest BCUT2D eigenvalue weighted by Gasteiger charge is -2.26. The monoisotopic (exact) mass is 413 g/mol. The summed E-state index contributed by atoms with van der Waals surface area (Å²) in [5.41, 5.74) is 5.78. The molecule has 1 N–H and O–H groups in total. The van der Waals surface area contributed by atoms with Crippen LogP contribution >= 0.6 is 11.8 Å². The zero-order chi connectivity index (χ0) is 19.6. The van der Waals surface area contributed by atoms with Gasteiger partial charge in [0.1, 0.15) is 17.5 Å². The number of aromatic nitrogens is 2. The van der Waals surface area contributed by atoms with E-state index in [-0.39, 0.29) is 5.37 Å². The van der Waals surface area contributed by atoms with Gasteiger partial charge in [0, 0.05) is 31.9 Å². The third-order valence-electron chi connectivity index (χ3n) is 6.51. The van der Waals surface area contributed by atoms with Crippen LogP contribution in [0.25, 0.3) is 0 Å². The molecule has 5 rings (SSSR count). The van der Waals surface area contributed by atoms with Gasteiger partial charge in [-0.15, -0.1) is 0 Å². The van der Waals surface area contributed by atoms with E-state index in [1.165, 1.54) is 48.4 Å². The second kappa shape index (κ2) is 8.74. The molecule has 6 nitrogen and oxygen atoms in total. The maximum Gasteiger partial charge on any atom is 0.143 e. The largest absolute Gasteiger partial charge is 0.379 e. The van der Waals surface area contributed by atoms with E-state index in [1.54, 1.807) is 17.5 Å². The number of thioether (sulfide) groups is 1. The van der Waals surface area contributed by atoms with Gasteiger partial charge < -0.3 is 10.1 Å². The van der Waals surface area contributed by atoms with E-state index in [0.29, 0.717) is 5.92 Å². The first kappa shape index (κ1) is 19.5. The van der Waals surface area contributed by atoms with Crippen molar-refractivity contribution in [3.63, 3.8) is 0 Å². The summed E-state index contributed by atoms with van der Waals surface area (Å²) in [5, 5.41) is 3.84. The number of morpholine rings is 1. The molecule has 0 spiro atoms. The predicted octanol–water partition coefficient (Wildman–Crippen LogP) is 3.86. The maximum atomic E-state index is 5.44. The molecule has 1 aromatic heterocycles. The number of nitrogens with zero attached hydrogens (tertiary/aromatic N) is 4. The van der Waals surface area contributed by atoms with Gasteiger partial charge in [0.05, 0.1) is 29.7 Å². The number of hydrogen-bond donors (Lipinski definition) is 1. The van der Waals surface area contributed by atoms with Gasteiger partial charge in [-0.25, -0.2) is 9.97 Å². The molecule has 156 valence electrons.